The molecule has 3 aliphatic heterocycles. The fourth-order valence-electron chi connectivity index (χ4n) is 14.5. The van der Waals surface area contributed by atoms with E-state index in [-0.39, 0.29) is 64.8 Å². The Morgan fingerprint density at radius 3 is 0.758 bits per heavy atom. The molecule has 6 aliphatic rings. The van der Waals surface area contributed by atoms with Crippen molar-refractivity contribution in [3.63, 3.8) is 0 Å². The Morgan fingerprint density at radius 1 is 0.384 bits per heavy atom. The van der Waals surface area contributed by atoms with Crippen LogP contribution in [0.25, 0.3) is 33.4 Å². The Hall–Kier alpha value is -11.7. The third kappa shape index (κ3) is 14.3. The van der Waals surface area contributed by atoms with Crippen molar-refractivity contribution < 1.29 is 39.9 Å². The second-order valence-corrected chi connectivity index (χ2v) is 24.9. The lowest BCUT2D eigenvalue weighted by Gasteiger charge is -2.45. The van der Waals surface area contributed by atoms with Crippen LogP contribution in [0.3, 0.4) is 0 Å². The quantitative estimate of drug-likeness (QED) is 0.0667. The van der Waals surface area contributed by atoms with E-state index in [1.807, 2.05) is 203 Å². The van der Waals surface area contributed by atoms with Gasteiger partial charge in [0, 0.05) is 88.0 Å². The summed E-state index contributed by atoms with van der Waals surface area (Å²) in [6.07, 6.45) is 5.57. The van der Waals surface area contributed by atoms with Gasteiger partial charge in [0.15, 0.2) is 16.2 Å². The number of carbonyl (C=O) groups is 3. The second kappa shape index (κ2) is 31.9. The molecule has 99 heavy (non-hydrogen) atoms. The standard InChI is InChI=1S/3C25H22N4O2.2C2H6O/c3*1-29-12-11-19-20(13-29)22(25(14-26,15-27)23(28)21(19)24(30)31)18-9-7-17(8-10-18)16-5-3-2-4-6-16;2*1-2-3/h3*2-11,20,22H,12-13,28H2,1H3,(H,30,31);2*3H,2H2,1H3/t3*20-,22+;;/m111../s1. The molecule has 0 saturated carbocycles. The summed E-state index contributed by atoms with van der Waals surface area (Å²) in [5.74, 6) is -6.35. The van der Waals surface area contributed by atoms with Gasteiger partial charge in [-0.1, -0.05) is 182 Å². The van der Waals surface area contributed by atoms with Gasteiger partial charge in [-0.2, -0.15) is 31.6 Å². The first-order valence-corrected chi connectivity index (χ1v) is 32.1. The van der Waals surface area contributed by atoms with Gasteiger partial charge in [0.25, 0.3) is 0 Å². The van der Waals surface area contributed by atoms with Crippen molar-refractivity contribution in [1.82, 2.24) is 14.7 Å². The lowest BCUT2D eigenvalue weighted by molar-refractivity contribution is -0.133. The number of aliphatic carboxylic acids is 3. The van der Waals surface area contributed by atoms with E-state index in [0.717, 1.165) is 50.1 Å². The van der Waals surface area contributed by atoms with E-state index in [9.17, 15) is 61.3 Å². The van der Waals surface area contributed by atoms with Crippen LogP contribution in [0.2, 0.25) is 0 Å². The van der Waals surface area contributed by atoms with Crippen molar-refractivity contribution in [3.05, 3.63) is 249 Å². The summed E-state index contributed by atoms with van der Waals surface area (Å²) in [5, 5.41) is 105. The minimum Gasteiger partial charge on any atom is -0.478 e. The number of fused-ring (bicyclic) bond motifs is 3. The summed E-state index contributed by atoms with van der Waals surface area (Å²) in [5.41, 5.74) is 23.2. The minimum atomic E-state index is -1.76. The number of likely N-dealkylation sites (N-methyl/N-ethyl adjacent to an activating group) is 3. The van der Waals surface area contributed by atoms with Crippen molar-refractivity contribution >= 4 is 17.9 Å². The van der Waals surface area contributed by atoms with E-state index in [0.29, 0.717) is 56.0 Å². The number of aliphatic hydroxyl groups excluding tert-OH is 2. The SMILES string of the molecule is CCO.CCO.CN1CC=C2C(C(=O)O)=C(N)C(C#N)(C#N)[C@@H](c3ccc(-c4ccccc4)cc3)[C@@H]2C1.CN1CC=C2C(C(=O)O)=C(N)C(C#N)(C#N)[C@@H](c3ccc(-c4ccccc4)cc3)[C@@H]2C1.CN1CC=C2C(C(=O)O)=C(N)C(C#N)(C#N)[C@@H](c3ccc(-c4ccccc4)cc3)[C@@H]2C1. The predicted molar refractivity (Wildman–Crippen MR) is 374 cm³/mol. The maximum absolute atomic E-state index is 12.1. The van der Waals surface area contributed by atoms with E-state index in [4.69, 9.17) is 27.4 Å². The van der Waals surface area contributed by atoms with Gasteiger partial charge in [-0.25, -0.2) is 14.4 Å². The third-order valence-electron chi connectivity index (χ3n) is 19.0. The molecule has 502 valence electrons. The van der Waals surface area contributed by atoms with Crippen LogP contribution in [-0.4, -0.2) is 132 Å². The summed E-state index contributed by atoms with van der Waals surface area (Å²) in [6, 6.07) is 65.6. The third-order valence-corrected chi connectivity index (χ3v) is 19.0. The minimum absolute atomic E-state index is 0.0987. The average molecular weight is 1320 g/mol. The van der Waals surface area contributed by atoms with E-state index in [2.05, 4.69) is 51.1 Å². The van der Waals surface area contributed by atoms with E-state index in [1.54, 1.807) is 13.8 Å². The van der Waals surface area contributed by atoms with Crippen LogP contribution in [0.1, 0.15) is 48.3 Å². The number of hydrogen-bond acceptors (Lipinski definition) is 17. The highest BCUT2D eigenvalue weighted by molar-refractivity contribution is 5.96. The molecule has 20 nitrogen and oxygen atoms in total. The first kappa shape index (κ1) is 73.1. The molecule has 0 aromatic heterocycles. The van der Waals surface area contributed by atoms with Gasteiger partial charge < -0.3 is 57.4 Å². The highest BCUT2D eigenvalue weighted by Gasteiger charge is 2.58. The summed E-state index contributed by atoms with van der Waals surface area (Å²) >= 11 is 0. The smallest absolute Gasteiger partial charge is 0.337 e. The molecule has 11 N–H and O–H groups in total. The number of nitrogens with two attached hydrogens (primary N) is 3. The molecule has 3 heterocycles. The number of carboxylic acids is 3. The Balaban J connectivity index is 0.000000182. The fourth-order valence-corrected chi connectivity index (χ4v) is 14.5. The van der Waals surface area contributed by atoms with Gasteiger partial charge >= 0.3 is 17.9 Å². The van der Waals surface area contributed by atoms with Crippen LogP contribution in [0, 0.1) is 102 Å². The summed E-state index contributed by atoms with van der Waals surface area (Å²) in [6.45, 7) is 7.22. The molecular formula is C79H78N12O8. The van der Waals surface area contributed by atoms with Crippen molar-refractivity contribution in [1.29, 1.82) is 31.6 Å². The topological polar surface area (TPSA) is 383 Å². The van der Waals surface area contributed by atoms with Crippen LogP contribution in [0.15, 0.2) is 233 Å². The number of allylic oxidation sites excluding steroid dienone is 3. The van der Waals surface area contributed by atoms with Crippen LogP contribution in [0.4, 0.5) is 0 Å². The molecule has 6 aromatic rings. The van der Waals surface area contributed by atoms with Gasteiger partial charge in [-0.05, 0) is 102 Å². The zero-order valence-corrected chi connectivity index (χ0v) is 55.7. The zero-order valence-electron chi connectivity index (χ0n) is 55.7. The molecule has 6 atom stereocenters. The molecule has 6 aromatic carbocycles. The van der Waals surface area contributed by atoms with Crippen molar-refractivity contribution in [2.45, 2.75) is 31.6 Å². The second-order valence-electron chi connectivity index (χ2n) is 24.9. The largest absolute Gasteiger partial charge is 0.478 e. The van der Waals surface area contributed by atoms with Gasteiger partial charge in [0.05, 0.1) is 70.2 Å². The molecular weight excluding hydrogens is 1240 g/mol. The molecule has 20 heteroatoms. The van der Waals surface area contributed by atoms with Gasteiger partial charge in [0.2, 0.25) is 0 Å². The molecule has 0 spiro atoms. The molecule has 12 rings (SSSR count). The van der Waals surface area contributed by atoms with Crippen LogP contribution < -0.4 is 17.2 Å². The van der Waals surface area contributed by atoms with Gasteiger partial charge in [0.1, 0.15) is 0 Å². The Morgan fingerprint density at radius 2 is 0.576 bits per heavy atom. The highest BCUT2D eigenvalue weighted by Crippen LogP contribution is 2.57. The van der Waals surface area contributed by atoms with Gasteiger partial charge in [-0.15, -0.1) is 0 Å². The fraction of sp³-hybridized carbons (Fsp3) is 0.278. The molecule has 0 bridgehead atoms. The summed E-state index contributed by atoms with van der Waals surface area (Å²) in [7, 11) is 5.81. The number of nitrogens with zero attached hydrogens (tertiary/aromatic N) is 9. The Labute approximate surface area is 576 Å². The summed E-state index contributed by atoms with van der Waals surface area (Å²) in [4.78, 5) is 42.3. The number of hydrogen-bond donors (Lipinski definition) is 8. The number of benzene rings is 6. The lowest BCUT2D eigenvalue weighted by Crippen LogP contribution is -2.48. The first-order chi connectivity index (χ1) is 47.6. The van der Waals surface area contributed by atoms with Crippen molar-refractivity contribution in [2.24, 2.45) is 51.2 Å². The molecule has 0 amide bonds. The lowest BCUT2D eigenvalue weighted by atomic mass is 9.58. The Kier molecular flexibility index (Phi) is 23.6. The Bertz CT molecular complexity index is 3950. The molecule has 0 radical (unpaired) electrons. The van der Waals surface area contributed by atoms with E-state index < -0.39 is 51.9 Å². The van der Waals surface area contributed by atoms with Crippen molar-refractivity contribution in [3.8, 4) is 69.8 Å². The molecule has 0 unspecified atom stereocenters. The van der Waals surface area contributed by atoms with Crippen LogP contribution in [0.5, 0.6) is 0 Å². The molecule has 0 saturated heterocycles. The van der Waals surface area contributed by atoms with Crippen molar-refractivity contribution in [2.75, 3.05) is 73.6 Å². The van der Waals surface area contributed by atoms with Crippen LogP contribution >= 0.6 is 0 Å². The number of rotatable bonds is 9. The number of carboxylic acid groups (broad SMARTS) is 3. The summed E-state index contributed by atoms with van der Waals surface area (Å²) < 4.78 is 0. The van der Waals surface area contributed by atoms with Crippen LogP contribution in [-0.2, 0) is 14.4 Å². The average Bonchev–Trinajstić information content (AvgIpc) is 0.737. The maximum atomic E-state index is 12.1. The monoisotopic (exact) mass is 1320 g/mol. The predicted octanol–water partition coefficient (Wildman–Crippen LogP) is 9.81. The normalized spacial score (nSPS) is 21.6. The van der Waals surface area contributed by atoms with E-state index in [1.165, 1.54) is 0 Å². The molecule has 3 aliphatic carbocycles. The first-order valence-electron chi connectivity index (χ1n) is 32.1. The molecule has 0 fully saturated rings. The number of nitriles is 6. The van der Waals surface area contributed by atoms with Gasteiger partial charge in [-0.3, -0.25) is 0 Å². The maximum Gasteiger partial charge on any atom is 0.337 e. The number of aliphatic hydroxyl groups is 2. The van der Waals surface area contributed by atoms with E-state index >= 15 is 0 Å². The zero-order chi connectivity index (χ0) is 71.9. The highest BCUT2D eigenvalue weighted by atomic mass is 16.4.